The van der Waals surface area contributed by atoms with E-state index in [1.807, 2.05) is 36.5 Å². The minimum atomic E-state index is 0.701. The zero-order valence-electron chi connectivity index (χ0n) is 11.7. The minimum absolute atomic E-state index is 0.701. The molecule has 3 aromatic rings. The summed E-state index contributed by atoms with van der Waals surface area (Å²) in [6.45, 7) is 0. The van der Waals surface area contributed by atoms with Gasteiger partial charge in [0, 0.05) is 30.1 Å². The van der Waals surface area contributed by atoms with Crippen molar-refractivity contribution < 1.29 is 9.47 Å². The molecule has 0 N–H and O–H groups in total. The number of aromatic nitrogens is 4. The van der Waals surface area contributed by atoms with Gasteiger partial charge in [0.2, 0.25) is 0 Å². The van der Waals surface area contributed by atoms with E-state index in [0.717, 1.165) is 11.3 Å². The van der Waals surface area contributed by atoms with Crippen LogP contribution in [0.5, 0.6) is 11.5 Å². The van der Waals surface area contributed by atoms with Crippen LogP contribution in [0, 0.1) is 0 Å². The minimum Gasteiger partial charge on any atom is -0.497 e. The van der Waals surface area contributed by atoms with Gasteiger partial charge < -0.3 is 9.47 Å². The van der Waals surface area contributed by atoms with Crippen LogP contribution in [0.1, 0.15) is 0 Å². The van der Waals surface area contributed by atoms with E-state index >= 15 is 0 Å². The van der Waals surface area contributed by atoms with Crippen LogP contribution in [0.15, 0.2) is 49.1 Å². The van der Waals surface area contributed by atoms with Gasteiger partial charge in [0.05, 0.1) is 19.9 Å². The zero-order valence-corrected chi connectivity index (χ0v) is 11.7. The topological polar surface area (TPSA) is 62.1 Å². The smallest absolute Gasteiger partial charge is 0.157 e. The molecule has 0 saturated heterocycles. The first-order chi connectivity index (χ1) is 10.3. The third-order valence-corrected chi connectivity index (χ3v) is 3.04. The van der Waals surface area contributed by atoms with Crippen LogP contribution in [0.25, 0.3) is 17.1 Å². The number of rotatable bonds is 4. The molecule has 0 saturated carbocycles. The van der Waals surface area contributed by atoms with Gasteiger partial charge in [0.1, 0.15) is 17.8 Å². The molecule has 106 valence electrons. The molecule has 21 heavy (non-hydrogen) atoms. The molecule has 0 atom stereocenters. The zero-order chi connectivity index (χ0) is 14.7. The second-order valence-corrected chi connectivity index (χ2v) is 4.31. The average molecular weight is 282 g/mol. The van der Waals surface area contributed by atoms with Crippen LogP contribution in [-0.4, -0.2) is 34.0 Å². The van der Waals surface area contributed by atoms with Crippen LogP contribution in [0.2, 0.25) is 0 Å². The molecule has 6 heteroatoms. The Labute approximate surface area is 122 Å². The Morgan fingerprint density at radius 3 is 2.33 bits per heavy atom. The number of hydrogen-bond donors (Lipinski definition) is 0. The molecule has 0 radical (unpaired) electrons. The summed E-state index contributed by atoms with van der Waals surface area (Å²) >= 11 is 0. The van der Waals surface area contributed by atoms with Crippen molar-refractivity contribution in [2.45, 2.75) is 0 Å². The molecule has 2 heterocycles. The van der Waals surface area contributed by atoms with E-state index in [1.165, 1.54) is 6.33 Å². The van der Waals surface area contributed by atoms with Crippen molar-refractivity contribution in [1.29, 1.82) is 0 Å². The number of methoxy groups -OCH3 is 2. The van der Waals surface area contributed by atoms with Crippen molar-refractivity contribution in [3.05, 3.63) is 49.1 Å². The van der Waals surface area contributed by atoms with Gasteiger partial charge in [-0.05, 0) is 18.2 Å². The summed E-state index contributed by atoms with van der Waals surface area (Å²) in [5.74, 6) is 2.12. The Kier molecular flexibility index (Phi) is 3.51. The third-order valence-electron chi connectivity index (χ3n) is 3.04. The predicted molar refractivity (Wildman–Crippen MR) is 77.7 cm³/mol. The molecule has 2 aromatic heterocycles. The first-order valence-corrected chi connectivity index (χ1v) is 6.35. The Bertz CT molecular complexity index is 719. The second kappa shape index (κ2) is 5.62. The molecule has 0 unspecified atom stereocenters. The molecule has 0 amide bonds. The Morgan fingerprint density at radius 2 is 1.71 bits per heavy atom. The second-order valence-electron chi connectivity index (χ2n) is 4.31. The molecular weight excluding hydrogens is 268 g/mol. The maximum Gasteiger partial charge on any atom is 0.157 e. The standard InChI is InChI=1S/C15H14N4O2/c1-20-12-6-11(7-13(8-12)21-2)14-9-15(17-10-16-14)19-5-3-4-18-19/h3-10H,1-2H3. The molecular formula is C15H14N4O2. The number of nitrogens with zero attached hydrogens (tertiary/aromatic N) is 4. The van der Waals surface area contributed by atoms with E-state index < -0.39 is 0 Å². The lowest BCUT2D eigenvalue weighted by Gasteiger charge is -2.09. The van der Waals surface area contributed by atoms with Gasteiger partial charge in [-0.2, -0.15) is 5.10 Å². The quantitative estimate of drug-likeness (QED) is 0.735. The largest absolute Gasteiger partial charge is 0.497 e. The summed E-state index contributed by atoms with van der Waals surface area (Å²) in [5, 5.41) is 4.17. The monoisotopic (exact) mass is 282 g/mol. The fourth-order valence-corrected chi connectivity index (χ4v) is 1.99. The molecule has 0 aliphatic rings. The SMILES string of the molecule is COc1cc(OC)cc(-c2cc(-n3cccn3)ncn2)c1. The molecule has 3 rings (SSSR count). The van der Waals surface area contributed by atoms with Crippen molar-refractivity contribution in [3.63, 3.8) is 0 Å². The van der Waals surface area contributed by atoms with Gasteiger partial charge in [-0.3, -0.25) is 0 Å². The number of ether oxygens (including phenoxy) is 2. The fraction of sp³-hybridized carbons (Fsp3) is 0.133. The van der Waals surface area contributed by atoms with Gasteiger partial charge in [-0.15, -0.1) is 0 Å². The molecule has 0 aliphatic carbocycles. The van der Waals surface area contributed by atoms with E-state index in [9.17, 15) is 0 Å². The molecule has 0 spiro atoms. The van der Waals surface area contributed by atoms with Crippen LogP contribution in [0.4, 0.5) is 0 Å². The Hall–Kier alpha value is -2.89. The van der Waals surface area contributed by atoms with Crippen LogP contribution >= 0.6 is 0 Å². The summed E-state index contributed by atoms with van der Waals surface area (Å²) in [6.07, 6.45) is 5.05. The van der Waals surface area contributed by atoms with E-state index in [2.05, 4.69) is 15.1 Å². The first-order valence-electron chi connectivity index (χ1n) is 6.35. The highest BCUT2D eigenvalue weighted by Crippen LogP contribution is 2.28. The number of hydrogen-bond acceptors (Lipinski definition) is 5. The lowest BCUT2D eigenvalue weighted by molar-refractivity contribution is 0.394. The maximum atomic E-state index is 5.28. The van der Waals surface area contributed by atoms with Crippen molar-refractivity contribution in [3.8, 4) is 28.6 Å². The Morgan fingerprint density at radius 1 is 0.952 bits per heavy atom. The van der Waals surface area contributed by atoms with Gasteiger partial charge in [-0.25, -0.2) is 14.6 Å². The van der Waals surface area contributed by atoms with Crippen LogP contribution < -0.4 is 9.47 Å². The summed E-state index contributed by atoms with van der Waals surface area (Å²) in [7, 11) is 3.24. The van der Waals surface area contributed by atoms with Crippen LogP contribution in [0.3, 0.4) is 0 Å². The molecule has 1 aromatic carbocycles. The van der Waals surface area contributed by atoms with E-state index in [0.29, 0.717) is 17.3 Å². The summed E-state index contributed by atoms with van der Waals surface area (Å²) in [6, 6.07) is 9.33. The normalized spacial score (nSPS) is 10.4. The van der Waals surface area contributed by atoms with E-state index in [1.54, 1.807) is 25.1 Å². The predicted octanol–water partition coefficient (Wildman–Crippen LogP) is 2.35. The van der Waals surface area contributed by atoms with Crippen molar-refractivity contribution >= 4 is 0 Å². The van der Waals surface area contributed by atoms with Crippen LogP contribution in [-0.2, 0) is 0 Å². The molecule has 6 nitrogen and oxygen atoms in total. The van der Waals surface area contributed by atoms with Gasteiger partial charge in [0.15, 0.2) is 5.82 Å². The molecule has 0 fully saturated rings. The lowest BCUT2D eigenvalue weighted by atomic mass is 10.1. The van der Waals surface area contributed by atoms with Gasteiger partial charge in [0.25, 0.3) is 0 Å². The highest BCUT2D eigenvalue weighted by Gasteiger charge is 2.07. The van der Waals surface area contributed by atoms with Gasteiger partial charge in [-0.1, -0.05) is 0 Å². The van der Waals surface area contributed by atoms with Crippen molar-refractivity contribution in [1.82, 2.24) is 19.7 Å². The van der Waals surface area contributed by atoms with Gasteiger partial charge >= 0.3 is 0 Å². The highest BCUT2D eigenvalue weighted by molar-refractivity contribution is 5.64. The van der Waals surface area contributed by atoms with E-state index in [4.69, 9.17) is 9.47 Å². The fourth-order valence-electron chi connectivity index (χ4n) is 1.99. The Balaban J connectivity index is 2.06. The summed E-state index contributed by atoms with van der Waals surface area (Å²) in [5.41, 5.74) is 1.66. The average Bonchev–Trinajstić information content (AvgIpc) is 3.09. The van der Waals surface area contributed by atoms with Crippen molar-refractivity contribution in [2.75, 3.05) is 14.2 Å². The van der Waals surface area contributed by atoms with Crippen molar-refractivity contribution in [2.24, 2.45) is 0 Å². The van der Waals surface area contributed by atoms with E-state index in [-0.39, 0.29) is 0 Å². The lowest BCUT2D eigenvalue weighted by Crippen LogP contribution is -1.99. The molecule has 0 aliphatic heterocycles. The number of benzene rings is 1. The third kappa shape index (κ3) is 2.69. The summed E-state index contributed by atoms with van der Waals surface area (Å²) in [4.78, 5) is 8.53. The molecule has 0 bridgehead atoms. The summed E-state index contributed by atoms with van der Waals surface area (Å²) < 4.78 is 12.2. The highest BCUT2D eigenvalue weighted by atomic mass is 16.5. The maximum absolute atomic E-state index is 5.28. The first kappa shape index (κ1) is 13.1.